The van der Waals surface area contributed by atoms with Crippen molar-refractivity contribution >= 4 is 24.1 Å². The molecule has 366 valence electrons. The van der Waals surface area contributed by atoms with E-state index < -0.39 is 28.4 Å². The molecule has 0 bridgehead atoms. The van der Waals surface area contributed by atoms with Crippen LogP contribution >= 0.6 is 0 Å². The fourth-order valence-electron chi connectivity index (χ4n) is 10.2. The van der Waals surface area contributed by atoms with Crippen molar-refractivity contribution in [1.82, 2.24) is 19.6 Å². The van der Waals surface area contributed by atoms with Crippen LogP contribution in [0.2, 0.25) is 0 Å². The van der Waals surface area contributed by atoms with E-state index in [4.69, 9.17) is 23.7 Å². The molecule has 4 heterocycles. The average Bonchev–Trinajstić information content (AvgIpc) is 4.14. The molecule has 0 radical (unpaired) electrons. The number of aliphatic carboxylic acids is 1. The molecule has 2 aliphatic carbocycles. The first-order valence-electron chi connectivity index (χ1n) is 23.9. The molecule has 15 nitrogen and oxygen atoms in total. The van der Waals surface area contributed by atoms with Crippen LogP contribution < -0.4 is 28.3 Å². The summed E-state index contributed by atoms with van der Waals surface area (Å²) in [5.74, 6) is 0.309. The van der Waals surface area contributed by atoms with Gasteiger partial charge in [0.2, 0.25) is 11.2 Å². The smallest absolute Gasteiger partial charge is 0.870 e. The summed E-state index contributed by atoms with van der Waals surface area (Å²) in [4.78, 5) is 57.7. The van der Waals surface area contributed by atoms with Gasteiger partial charge in [-0.2, -0.15) is 0 Å². The summed E-state index contributed by atoms with van der Waals surface area (Å²) < 4.78 is 28.5. The fraction of sp³-hybridized carbons (Fsp3) is 0.686. The van der Waals surface area contributed by atoms with Gasteiger partial charge < -0.3 is 44.1 Å². The van der Waals surface area contributed by atoms with Gasteiger partial charge in [0, 0.05) is 87.2 Å². The SMILES string of the molecule is COC(=O)C1(Oc2cc(C)ccc2CN2CCCC23CCN(C(=O)OC(C)(C)C)CC3)CC1.Cc1ccc(CN2CCCC23CCN(C(=O)OC(C)(C)C)CC3)c(OC2(C(=O)O)CC2)c1.[Li+].[OH-]. The number of piperidine rings is 2. The molecule has 8 rings (SSSR count). The molecule has 4 aliphatic heterocycles. The Hall–Kier alpha value is -4.00. The van der Waals surface area contributed by atoms with Gasteiger partial charge in [-0.05, 0) is 143 Å². The van der Waals surface area contributed by atoms with Crippen LogP contribution in [-0.2, 0) is 36.9 Å². The Morgan fingerprint density at radius 2 is 0.955 bits per heavy atom. The number of likely N-dealkylation sites (tertiary alicyclic amines) is 4. The maximum atomic E-state index is 12.5. The molecule has 0 aromatic heterocycles. The van der Waals surface area contributed by atoms with Gasteiger partial charge in [0.25, 0.3) is 0 Å². The standard InChI is InChI=1S/C26H38N2O5.C25H36N2O5.Li.H2O/c1-19-7-8-20(21(17-19)32-26(10-11-26)22(29)31-5)18-28-14-6-9-25(28)12-15-27(16-13-25)23(30)33-24(2,3)4;1-18-6-7-19(20(16-18)31-25(9-10-25)21(28)29)17-27-13-5-8-24(27)11-14-26(15-12-24)22(30)32-23(2,3)4;;/h7-8,17H,6,9-16,18H2,1-5H3;6-7,16H,5,8-15,17H2,1-4H3,(H,28,29);;1H2/q;;+1;/p-1. The Kier molecular flexibility index (Phi) is 16.8. The van der Waals surface area contributed by atoms with Gasteiger partial charge in [-0.15, -0.1) is 0 Å². The van der Waals surface area contributed by atoms with Crippen LogP contribution in [0.3, 0.4) is 0 Å². The largest absolute Gasteiger partial charge is 1.00 e. The third-order valence-corrected chi connectivity index (χ3v) is 14.3. The zero-order valence-corrected chi connectivity index (χ0v) is 42.0. The Morgan fingerprint density at radius 1 is 0.582 bits per heavy atom. The molecule has 2 amide bonds. The van der Waals surface area contributed by atoms with Crippen LogP contribution in [0.5, 0.6) is 11.5 Å². The maximum absolute atomic E-state index is 12.5. The normalized spacial score (nSPS) is 21.2. The second kappa shape index (κ2) is 20.9. The zero-order valence-electron chi connectivity index (χ0n) is 42.0. The molecule has 4 saturated heterocycles. The minimum atomic E-state index is -1.05. The molecule has 0 atom stereocenters. The number of methoxy groups -OCH3 is 1. The van der Waals surface area contributed by atoms with Crippen molar-refractivity contribution in [2.24, 2.45) is 0 Å². The number of carbonyl (C=O) groups is 4. The second-order valence-corrected chi connectivity index (χ2v) is 21.6. The summed E-state index contributed by atoms with van der Waals surface area (Å²) in [7, 11) is 1.42. The number of carboxylic acid groups (broad SMARTS) is 1. The first kappa shape index (κ1) is 53.9. The minimum absolute atomic E-state index is 0. The number of ether oxygens (including phenoxy) is 5. The first-order chi connectivity index (χ1) is 30.6. The second-order valence-electron chi connectivity index (χ2n) is 21.6. The Balaban J connectivity index is 0.000000244. The van der Waals surface area contributed by atoms with Crippen LogP contribution in [0.1, 0.15) is 141 Å². The monoisotopic (exact) mass is 927 g/mol. The van der Waals surface area contributed by atoms with Crippen molar-refractivity contribution in [3.63, 3.8) is 0 Å². The summed E-state index contributed by atoms with van der Waals surface area (Å²) >= 11 is 0. The number of benzene rings is 2. The van der Waals surface area contributed by atoms with Gasteiger partial charge in [-0.3, -0.25) is 9.80 Å². The van der Waals surface area contributed by atoms with Gasteiger partial charge in [0.05, 0.1) is 7.11 Å². The number of hydrogen-bond acceptors (Lipinski definition) is 12. The predicted octanol–water partition coefficient (Wildman–Crippen LogP) is 5.63. The third kappa shape index (κ3) is 12.8. The zero-order chi connectivity index (χ0) is 47.0. The minimum Gasteiger partial charge on any atom is -0.870 e. The average molecular weight is 927 g/mol. The van der Waals surface area contributed by atoms with Crippen LogP contribution in [0, 0.1) is 13.8 Å². The first-order valence-corrected chi connectivity index (χ1v) is 23.9. The summed E-state index contributed by atoms with van der Waals surface area (Å²) in [6.45, 7) is 21.8. The van der Waals surface area contributed by atoms with Crippen molar-refractivity contribution in [3.8, 4) is 11.5 Å². The van der Waals surface area contributed by atoms with E-state index in [1.165, 1.54) is 7.11 Å². The molecule has 2 aromatic carbocycles. The van der Waals surface area contributed by atoms with Crippen molar-refractivity contribution in [1.29, 1.82) is 0 Å². The fourth-order valence-corrected chi connectivity index (χ4v) is 10.2. The van der Waals surface area contributed by atoms with Gasteiger partial charge in [0.15, 0.2) is 0 Å². The molecule has 0 unspecified atom stereocenters. The van der Waals surface area contributed by atoms with E-state index in [0.717, 1.165) is 106 Å². The summed E-state index contributed by atoms with van der Waals surface area (Å²) in [5.41, 5.74) is 1.65. The molecule has 2 spiro atoms. The topological polar surface area (TPSA) is 178 Å². The van der Waals surface area contributed by atoms with Gasteiger partial charge in [-0.1, -0.05) is 24.3 Å². The van der Waals surface area contributed by atoms with Crippen LogP contribution in [-0.4, -0.2) is 134 Å². The van der Waals surface area contributed by atoms with E-state index in [2.05, 4.69) is 34.1 Å². The Morgan fingerprint density at radius 3 is 1.28 bits per heavy atom. The molecule has 16 heteroatoms. The van der Waals surface area contributed by atoms with Gasteiger partial charge in [-0.25, -0.2) is 19.2 Å². The van der Waals surface area contributed by atoms with Crippen molar-refractivity contribution in [3.05, 3.63) is 58.7 Å². The molecular weight excluding hydrogens is 852 g/mol. The van der Waals surface area contributed by atoms with Crippen molar-refractivity contribution < 1.29 is 72.3 Å². The summed E-state index contributed by atoms with van der Waals surface area (Å²) in [5, 5.41) is 9.57. The van der Waals surface area contributed by atoms with Crippen LogP contribution in [0.4, 0.5) is 9.59 Å². The van der Waals surface area contributed by atoms with Crippen LogP contribution in [0.15, 0.2) is 36.4 Å². The molecule has 6 fully saturated rings. The van der Waals surface area contributed by atoms with Crippen LogP contribution in [0.25, 0.3) is 0 Å². The number of amides is 2. The molecule has 2 aromatic rings. The van der Waals surface area contributed by atoms with Gasteiger partial charge in [0.1, 0.15) is 22.7 Å². The number of aryl methyl sites for hydroxylation is 2. The Bertz CT molecular complexity index is 2080. The van der Waals surface area contributed by atoms with Crippen molar-refractivity contribution in [2.45, 2.75) is 179 Å². The number of carboxylic acids is 1. The van der Waals surface area contributed by atoms with E-state index in [0.29, 0.717) is 57.6 Å². The summed E-state index contributed by atoms with van der Waals surface area (Å²) in [6, 6.07) is 12.4. The molecule has 2 saturated carbocycles. The molecular formula is C51H75LiN4O11. The molecule has 2 N–H and O–H groups in total. The predicted molar refractivity (Wildman–Crippen MR) is 248 cm³/mol. The summed E-state index contributed by atoms with van der Waals surface area (Å²) in [6.07, 6.45) is 10.4. The Labute approximate surface area is 410 Å². The third-order valence-electron chi connectivity index (χ3n) is 14.3. The van der Waals surface area contributed by atoms with E-state index in [9.17, 15) is 24.3 Å². The number of carbonyl (C=O) groups excluding carboxylic acids is 3. The van der Waals surface area contributed by atoms with E-state index in [1.54, 1.807) is 0 Å². The van der Waals surface area contributed by atoms with E-state index in [1.807, 2.05) is 77.3 Å². The van der Waals surface area contributed by atoms with Gasteiger partial charge >= 0.3 is 43.0 Å². The molecule has 67 heavy (non-hydrogen) atoms. The number of hydrogen-bond donors (Lipinski definition) is 1. The number of nitrogens with zero attached hydrogens (tertiary/aromatic N) is 4. The van der Waals surface area contributed by atoms with E-state index >= 15 is 0 Å². The molecule has 6 aliphatic rings. The van der Waals surface area contributed by atoms with E-state index in [-0.39, 0.29) is 53.6 Å². The maximum Gasteiger partial charge on any atom is 1.00 e. The number of esters is 1. The number of rotatable bonds is 10. The van der Waals surface area contributed by atoms with Crippen molar-refractivity contribution in [2.75, 3.05) is 46.4 Å². The quantitative estimate of drug-likeness (QED) is 0.176.